The second-order valence-corrected chi connectivity index (χ2v) is 20.9. The molecule has 21 heteroatoms. The van der Waals surface area contributed by atoms with Crippen LogP contribution in [0.1, 0.15) is 168 Å². The minimum absolute atomic E-state index is 0.0587. The van der Waals surface area contributed by atoms with Crippen molar-refractivity contribution in [3.8, 4) is 0 Å². The van der Waals surface area contributed by atoms with Crippen LogP contribution in [0, 0.1) is 0 Å². The average Bonchev–Trinajstić information content (AvgIpc) is 3.62. The van der Waals surface area contributed by atoms with Crippen molar-refractivity contribution in [1.29, 1.82) is 0 Å². The lowest BCUT2D eigenvalue weighted by Gasteiger charge is -2.21. The van der Waals surface area contributed by atoms with Crippen LogP contribution in [-0.4, -0.2) is 96.9 Å². The van der Waals surface area contributed by atoms with Crippen molar-refractivity contribution in [3.63, 3.8) is 0 Å². The molecule has 1 aromatic rings. The number of allylic oxidation sites excluding steroid dienone is 11. The number of carbonyl (C=O) groups excluding carboxylic acids is 2. The zero-order valence-corrected chi connectivity index (χ0v) is 44.8. The van der Waals surface area contributed by atoms with Gasteiger partial charge in [-0.15, -0.1) is 0 Å². The van der Waals surface area contributed by atoms with Gasteiger partial charge in [0.1, 0.15) is 30.7 Å². The molecule has 414 valence electrons. The highest BCUT2D eigenvalue weighted by molar-refractivity contribution is 7.61. The molecule has 0 spiro atoms. The van der Waals surface area contributed by atoms with Gasteiger partial charge in [0.2, 0.25) is 0 Å². The van der Waals surface area contributed by atoms with Gasteiger partial charge in [0, 0.05) is 19.0 Å². The van der Waals surface area contributed by atoms with Gasteiger partial charge in [0.25, 0.3) is 0 Å². The van der Waals surface area contributed by atoms with E-state index in [0.29, 0.717) is 6.42 Å². The molecule has 1 aliphatic rings. The van der Waals surface area contributed by atoms with Crippen molar-refractivity contribution in [2.24, 2.45) is 0 Å². The number of aliphatic hydroxyl groups is 3. The van der Waals surface area contributed by atoms with Crippen molar-refractivity contribution < 1.29 is 71.4 Å². The van der Waals surface area contributed by atoms with Crippen LogP contribution < -0.4 is 11.4 Å². The summed E-state index contributed by atoms with van der Waals surface area (Å²) in [6.45, 7) is 1.91. The smallest absolute Gasteiger partial charge is 0.462 e. The van der Waals surface area contributed by atoms with Crippen molar-refractivity contribution in [3.05, 3.63) is 95.7 Å². The summed E-state index contributed by atoms with van der Waals surface area (Å²) < 4.78 is 56.6. The number of phosphoric ester groups is 2. The molecule has 73 heavy (non-hydrogen) atoms. The van der Waals surface area contributed by atoms with E-state index in [0.717, 1.165) is 68.6 Å². The number of aliphatic hydroxyl groups excluding tert-OH is 3. The van der Waals surface area contributed by atoms with E-state index >= 15 is 0 Å². The minimum Gasteiger partial charge on any atom is -0.462 e. The van der Waals surface area contributed by atoms with Gasteiger partial charge in [-0.1, -0.05) is 145 Å². The number of ether oxygens (including phenoxy) is 3. The molecule has 1 aromatic heterocycles. The second-order valence-electron chi connectivity index (χ2n) is 17.9. The molecule has 0 saturated carbocycles. The van der Waals surface area contributed by atoms with Gasteiger partial charge in [-0.25, -0.2) is 13.9 Å². The molecule has 0 amide bonds. The first-order valence-electron chi connectivity index (χ1n) is 26.1. The van der Waals surface area contributed by atoms with E-state index in [4.69, 9.17) is 29.0 Å². The Morgan fingerprint density at radius 2 is 1.27 bits per heavy atom. The first-order valence-corrected chi connectivity index (χ1v) is 29.0. The number of hydrogen-bond donors (Lipinski definition) is 6. The van der Waals surface area contributed by atoms with E-state index < -0.39 is 89.8 Å². The maximum absolute atomic E-state index is 12.9. The van der Waals surface area contributed by atoms with Gasteiger partial charge in [0.15, 0.2) is 12.3 Å². The molecular weight excluding hydrogens is 985 g/mol. The van der Waals surface area contributed by atoms with Gasteiger partial charge in [-0.2, -0.15) is 9.29 Å². The topological polar surface area (TPSA) is 286 Å². The van der Waals surface area contributed by atoms with Crippen LogP contribution in [0.5, 0.6) is 0 Å². The number of aromatic nitrogens is 2. The van der Waals surface area contributed by atoms with Crippen molar-refractivity contribution in [2.75, 3.05) is 25.6 Å². The molecule has 19 nitrogen and oxygen atoms in total. The van der Waals surface area contributed by atoms with Gasteiger partial charge < -0.3 is 45.1 Å². The monoisotopic (exact) mass is 1070 g/mol. The summed E-state index contributed by atoms with van der Waals surface area (Å²) in [5.74, 6) is -1.53. The van der Waals surface area contributed by atoms with Gasteiger partial charge in [-0.05, 0) is 83.1 Å². The number of hydrogen-bond acceptors (Lipinski definition) is 16. The summed E-state index contributed by atoms with van der Waals surface area (Å²) in [5, 5.41) is 31.3. The molecule has 7 N–H and O–H groups in total. The third-order valence-electron chi connectivity index (χ3n) is 11.4. The zero-order chi connectivity index (χ0) is 53.6. The Morgan fingerprint density at radius 3 is 1.92 bits per heavy atom. The highest BCUT2D eigenvalue weighted by Gasteiger charge is 2.46. The molecule has 1 fully saturated rings. The van der Waals surface area contributed by atoms with E-state index in [1.54, 1.807) is 12.2 Å². The number of nitrogens with zero attached hydrogens (tertiary/aromatic N) is 2. The predicted octanol–water partition coefficient (Wildman–Crippen LogP) is 9.86. The Balaban J connectivity index is 1.86. The quantitative estimate of drug-likeness (QED) is 0.0117. The van der Waals surface area contributed by atoms with Crippen LogP contribution in [0.3, 0.4) is 0 Å². The fourth-order valence-electron chi connectivity index (χ4n) is 7.27. The maximum atomic E-state index is 12.9. The molecule has 3 unspecified atom stereocenters. The Hall–Kier alpha value is -3.84. The summed E-state index contributed by atoms with van der Waals surface area (Å²) >= 11 is 0. The van der Waals surface area contributed by atoms with E-state index in [1.165, 1.54) is 63.9 Å². The number of carbonyl (C=O) groups is 2. The highest BCUT2D eigenvalue weighted by Crippen LogP contribution is 2.60. The van der Waals surface area contributed by atoms with Crippen LogP contribution in [0.2, 0.25) is 0 Å². The van der Waals surface area contributed by atoms with Crippen molar-refractivity contribution >= 4 is 33.4 Å². The Bertz CT molecular complexity index is 2020. The summed E-state index contributed by atoms with van der Waals surface area (Å²) in [6, 6.07) is 1.23. The molecule has 0 aliphatic carbocycles. The van der Waals surface area contributed by atoms with E-state index in [9.17, 15) is 48.6 Å². The predicted molar refractivity (Wildman–Crippen MR) is 281 cm³/mol. The van der Waals surface area contributed by atoms with Crippen molar-refractivity contribution in [1.82, 2.24) is 9.55 Å². The van der Waals surface area contributed by atoms with Crippen LogP contribution in [0.4, 0.5) is 5.82 Å². The number of esters is 2. The molecular formula is C52H85N3O16P2. The molecule has 2 rings (SSSR count). The Labute approximate surface area is 432 Å². The number of anilines is 1. The van der Waals surface area contributed by atoms with E-state index in [-0.39, 0.29) is 31.5 Å². The Kier molecular flexibility index (Phi) is 35.4. The van der Waals surface area contributed by atoms with E-state index in [1.807, 2.05) is 12.2 Å². The first-order chi connectivity index (χ1) is 35.1. The summed E-state index contributed by atoms with van der Waals surface area (Å²) in [4.78, 5) is 62.0. The van der Waals surface area contributed by atoms with Crippen LogP contribution in [0.25, 0.3) is 0 Å². The SMILES string of the molecule is CCCCC/C=C\C/C=C\C/C=C\CCCCCCC(=O)OC[C@H](COP(=O)(O)OP(=O)(O)OC[C@H]1O[C@@H](n2ccc(N)nc2=O)[C@H](O)[C@@H]1O)OC(=O)CCCC(O)/C=C/C=C/C/C=C/CCCCCCCC. The van der Waals surface area contributed by atoms with Gasteiger partial charge >= 0.3 is 33.3 Å². The second kappa shape index (κ2) is 39.6. The summed E-state index contributed by atoms with van der Waals surface area (Å²) in [6.07, 6.45) is 37.2. The fourth-order valence-corrected chi connectivity index (χ4v) is 9.38. The number of nitrogens with two attached hydrogens (primary N) is 1. The molecule has 2 heterocycles. The van der Waals surface area contributed by atoms with Crippen LogP contribution in [0.15, 0.2) is 90.0 Å². The van der Waals surface area contributed by atoms with Gasteiger partial charge in [-0.3, -0.25) is 23.2 Å². The number of phosphoric acid groups is 2. The number of nitrogen functional groups attached to an aromatic ring is 1. The Morgan fingerprint density at radius 1 is 0.726 bits per heavy atom. The third kappa shape index (κ3) is 32.3. The number of unbranched alkanes of at least 4 members (excludes halogenated alkanes) is 13. The number of rotatable bonds is 42. The zero-order valence-electron chi connectivity index (χ0n) is 43.0. The molecule has 0 radical (unpaired) electrons. The highest BCUT2D eigenvalue weighted by atomic mass is 31.3. The molecule has 1 aliphatic heterocycles. The van der Waals surface area contributed by atoms with Crippen LogP contribution >= 0.6 is 15.6 Å². The average molecular weight is 1070 g/mol. The standard InChI is InChI=1S/C52H85N3O16P2/c1-3-5-7-9-11-13-15-17-18-19-20-22-24-26-28-30-32-36-47(57)66-40-44(69-48(58)37-33-35-43(56)34-31-29-27-25-23-21-16-14-12-10-8-6-4-2)41-67-72(62,63)71-73(64,65)68-42-45-49(59)50(60)51(70-45)55-39-38-46(53)54-52(55)61/h11,13,17-18,20-23,27,29,31,34,38-39,43-45,49-51,56,59-60H,3-10,12,14-16,19,24-26,28,30,32-33,35-37,40-42H2,1-2H3,(H,62,63)(H,64,65)(H2,53,54,61)/b13-11-,18-17-,22-20-,23-21+,29-27+,34-31+/t43?,44-,45-,49-,50-,51-/m1/s1. The lowest BCUT2D eigenvalue weighted by Crippen LogP contribution is -2.36. The van der Waals surface area contributed by atoms with Gasteiger partial charge in [0.05, 0.1) is 19.3 Å². The van der Waals surface area contributed by atoms with Crippen LogP contribution in [-0.2, 0) is 46.3 Å². The van der Waals surface area contributed by atoms with E-state index in [2.05, 4.69) is 71.8 Å². The third-order valence-corrected chi connectivity index (χ3v) is 14.0. The normalized spacial score (nSPS) is 20.0. The summed E-state index contributed by atoms with van der Waals surface area (Å²) in [5.41, 5.74) is 4.57. The lowest BCUT2D eigenvalue weighted by molar-refractivity contribution is -0.161. The molecule has 0 bridgehead atoms. The lowest BCUT2D eigenvalue weighted by atomic mass is 10.1. The van der Waals surface area contributed by atoms with Crippen molar-refractivity contribution in [2.45, 2.75) is 198 Å². The first kappa shape index (κ1) is 65.3. The molecule has 0 aromatic carbocycles. The fraction of sp³-hybridized carbons (Fsp3) is 0.654. The minimum atomic E-state index is -5.48. The molecule has 1 saturated heterocycles. The molecule has 8 atom stereocenters. The maximum Gasteiger partial charge on any atom is 0.481 e. The summed E-state index contributed by atoms with van der Waals surface area (Å²) in [7, 11) is -11.0. The largest absolute Gasteiger partial charge is 0.481 e.